The summed E-state index contributed by atoms with van der Waals surface area (Å²) in [5, 5.41) is 0. The molecule has 0 aromatic heterocycles. The molecule has 0 N–H and O–H groups in total. The second-order valence-electron chi connectivity index (χ2n) is 5.24. The lowest BCUT2D eigenvalue weighted by atomic mass is 9.65. The third-order valence-electron chi connectivity index (χ3n) is 4.31. The number of rotatable bonds is 0. The SMILES string of the molecule is O=C1c2ccccc2[C@H]2C[C@@H]1c1ccccc1C2=O. The molecule has 19 heavy (non-hydrogen) atoms. The molecule has 2 bridgehead atoms. The third kappa shape index (κ3) is 1.31. The zero-order chi connectivity index (χ0) is 13.0. The van der Waals surface area contributed by atoms with Crippen LogP contribution >= 0.6 is 0 Å². The molecule has 0 radical (unpaired) electrons. The first-order valence-corrected chi connectivity index (χ1v) is 6.53. The molecule has 2 heteroatoms. The standard InChI is InChI=1S/C17H12O2/c18-16-12-7-3-1-5-10(12)14-9-15(16)11-6-2-4-8-13(11)17(14)19/h1-8,14-15H,9H2/t14-,15-/m1/s1. The summed E-state index contributed by atoms with van der Waals surface area (Å²) in [7, 11) is 0. The molecule has 0 spiro atoms. The predicted molar refractivity (Wildman–Crippen MR) is 71.6 cm³/mol. The van der Waals surface area contributed by atoms with Crippen molar-refractivity contribution in [2.75, 3.05) is 0 Å². The number of fused-ring (bicyclic) bond motifs is 6. The third-order valence-corrected chi connectivity index (χ3v) is 4.31. The maximum Gasteiger partial charge on any atom is 0.170 e. The predicted octanol–water partition coefficient (Wildman–Crippen LogP) is 3.34. The van der Waals surface area contributed by atoms with E-state index in [4.69, 9.17) is 0 Å². The molecule has 0 unspecified atom stereocenters. The van der Waals surface area contributed by atoms with Gasteiger partial charge in [-0.15, -0.1) is 0 Å². The molecule has 92 valence electrons. The van der Waals surface area contributed by atoms with E-state index in [-0.39, 0.29) is 23.4 Å². The summed E-state index contributed by atoms with van der Waals surface area (Å²) >= 11 is 0. The number of Topliss-reactive ketones (excluding diaryl/α,β-unsaturated/α-hetero) is 2. The fourth-order valence-electron chi connectivity index (χ4n) is 3.41. The minimum absolute atomic E-state index is 0.145. The quantitative estimate of drug-likeness (QED) is 0.716. The van der Waals surface area contributed by atoms with Crippen molar-refractivity contribution in [2.45, 2.75) is 18.3 Å². The second kappa shape index (κ2) is 3.64. The van der Waals surface area contributed by atoms with Gasteiger partial charge in [-0.25, -0.2) is 0 Å². The van der Waals surface area contributed by atoms with Crippen LogP contribution in [0.15, 0.2) is 48.5 Å². The van der Waals surface area contributed by atoms with Gasteiger partial charge in [0, 0.05) is 23.0 Å². The van der Waals surface area contributed by atoms with Crippen LogP contribution in [0.1, 0.15) is 50.1 Å². The molecule has 0 saturated carbocycles. The van der Waals surface area contributed by atoms with Gasteiger partial charge in [0.25, 0.3) is 0 Å². The van der Waals surface area contributed by atoms with E-state index in [1.165, 1.54) is 0 Å². The van der Waals surface area contributed by atoms with Crippen molar-refractivity contribution in [3.63, 3.8) is 0 Å². The van der Waals surface area contributed by atoms with Crippen LogP contribution in [0, 0.1) is 0 Å². The Hall–Kier alpha value is -2.22. The Balaban J connectivity index is 2.01. The summed E-state index contributed by atoms with van der Waals surface area (Å²) < 4.78 is 0. The van der Waals surface area contributed by atoms with Crippen molar-refractivity contribution in [2.24, 2.45) is 0 Å². The molecule has 0 heterocycles. The first-order chi connectivity index (χ1) is 9.27. The van der Waals surface area contributed by atoms with Gasteiger partial charge < -0.3 is 0 Å². The number of carbonyl (C=O) groups is 2. The van der Waals surface area contributed by atoms with Crippen LogP contribution in [0.5, 0.6) is 0 Å². The van der Waals surface area contributed by atoms with Gasteiger partial charge in [-0.2, -0.15) is 0 Å². The maximum atomic E-state index is 12.6. The fourth-order valence-corrected chi connectivity index (χ4v) is 3.41. The minimum atomic E-state index is -0.145. The summed E-state index contributed by atoms with van der Waals surface area (Å²) in [6.07, 6.45) is 0.631. The van der Waals surface area contributed by atoms with E-state index in [0.717, 1.165) is 22.3 Å². The molecule has 4 rings (SSSR count). The molecule has 2 aliphatic carbocycles. The summed E-state index contributed by atoms with van der Waals surface area (Å²) in [6.45, 7) is 0. The summed E-state index contributed by atoms with van der Waals surface area (Å²) in [4.78, 5) is 25.2. The molecule has 0 fully saturated rings. The lowest BCUT2D eigenvalue weighted by Crippen LogP contribution is -2.33. The smallest absolute Gasteiger partial charge is 0.170 e. The maximum absolute atomic E-state index is 12.6. The Morgan fingerprint density at radius 1 is 0.684 bits per heavy atom. The zero-order valence-electron chi connectivity index (χ0n) is 10.3. The highest BCUT2D eigenvalue weighted by Crippen LogP contribution is 2.46. The lowest BCUT2D eigenvalue weighted by Gasteiger charge is -2.35. The Morgan fingerprint density at radius 3 is 1.58 bits per heavy atom. The van der Waals surface area contributed by atoms with Crippen LogP contribution in [0.25, 0.3) is 0 Å². The molecule has 0 amide bonds. The van der Waals surface area contributed by atoms with Crippen LogP contribution in [0.3, 0.4) is 0 Å². The van der Waals surface area contributed by atoms with Gasteiger partial charge >= 0.3 is 0 Å². The number of carbonyl (C=O) groups excluding carboxylic acids is 2. The molecular formula is C17H12O2. The summed E-state index contributed by atoms with van der Waals surface area (Å²) in [5.41, 5.74) is 3.27. The van der Waals surface area contributed by atoms with Crippen LogP contribution in [-0.4, -0.2) is 11.6 Å². The van der Waals surface area contributed by atoms with Gasteiger partial charge in [0.1, 0.15) is 0 Å². The van der Waals surface area contributed by atoms with E-state index >= 15 is 0 Å². The summed E-state index contributed by atoms with van der Waals surface area (Å²) in [5.74, 6) is 0.0289. The van der Waals surface area contributed by atoms with E-state index in [1.54, 1.807) is 0 Å². The number of ketones is 2. The Bertz CT molecular complexity index is 653. The fraction of sp³-hybridized carbons (Fsp3) is 0.176. The molecule has 2 aromatic carbocycles. The average Bonchev–Trinajstić information content (AvgIpc) is 2.47. The van der Waals surface area contributed by atoms with Gasteiger partial charge in [0.05, 0.1) is 0 Å². The van der Waals surface area contributed by atoms with Crippen molar-refractivity contribution < 1.29 is 9.59 Å². The van der Waals surface area contributed by atoms with Crippen LogP contribution in [0.4, 0.5) is 0 Å². The van der Waals surface area contributed by atoms with E-state index in [9.17, 15) is 9.59 Å². The van der Waals surface area contributed by atoms with Crippen molar-refractivity contribution in [3.05, 3.63) is 70.8 Å². The molecule has 2 aliphatic rings. The second-order valence-corrected chi connectivity index (χ2v) is 5.24. The largest absolute Gasteiger partial charge is 0.293 e. The van der Waals surface area contributed by atoms with E-state index < -0.39 is 0 Å². The molecule has 2 nitrogen and oxygen atoms in total. The van der Waals surface area contributed by atoms with Crippen LogP contribution < -0.4 is 0 Å². The van der Waals surface area contributed by atoms with Crippen molar-refractivity contribution in [1.29, 1.82) is 0 Å². The van der Waals surface area contributed by atoms with Gasteiger partial charge in [-0.1, -0.05) is 48.5 Å². The topological polar surface area (TPSA) is 34.1 Å². The Morgan fingerprint density at radius 2 is 1.11 bits per heavy atom. The first-order valence-electron chi connectivity index (χ1n) is 6.53. The lowest BCUT2D eigenvalue weighted by molar-refractivity contribution is 0.0875. The molecule has 0 saturated heterocycles. The molecule has 0 aliphatic heterocycles. The summed E-state index contributed by atoms with van der Waals surface area (Å²) in [6, 6.07) is 15.1. The van der Waals surface area contributed by atoms with Gasteiger partial charge in [-0.05, 0) is 17.5 Å². The van der Waals surface area contributed by atoms with Crippen molar-refractivity contribution >= 4 is 11.6 Å². The van der Waals surface area contributed by atoms with Gasteiger partial charge in [0.2, 0.25) is 0 Å². The molecule has 2 atom stereocenters. The zero-order valence-corrected chi connectivity index (χ0v) is 10.3. The first kappa shape index (κ1) is 10.7. The van der Waals surface area contributed by atoms with Gasteiger partial charge in [0.15, 0.2) is 11.6 Å². The van der Waals surface area contributed by atoms with Crippen LogP contribution in [-0.2, 0) is 0 Å². The van der Waals surface area contributed by atoms with E-state index in [2.05, 4.69) is 0 Å². The monoisotopic (exact) mass is 248 g/mol. The highest BCUT2D eigenvalue weighted by molar-refractivity contribution is 6.13. The van der Waals surface area contributed by atoms with E-state index in [1.807, 2.05) is 48.5 Å². The molecular weight excluding hydrogens is 236 g/mol. The molecule has 2 aromatic rings. The Labute approximate surface area is 111 Å². The van der Waals surface area contributed by atoms with Crippen molar-refractivity contribution in [3.8, 4) is 0 Å². The number of benzene rings is 2. The highest BCUT2D eigenvalue weighted by Gasteiger charge is 2.43. The Kier molecular flexibility index (Phi) is 2.05. The highest BCUT2D eigenvalue weighted by atomic mass is 16.1. The minimum Gasteiger partial charge on any atom is -0.293 e. The van der Waals surface area contributed by atoms with Gasteiger partial charge in [-0.3, -0.25) is 9.59 Å². The number of hydrogen-bond acceptors (Lipinski definition) is 2. The van der Waals surface area contributed by atoms with E-state index in [0.29, 0.717) is 6.42 Å². The van der Waals surface area contributed by atoms with Crippen molar-refractivity contribution in [1.82, 2.24) is 0 Å². The normalized spacial score (nSPS) is 23.8. The average molecular weight is 248 g/mol. The van der Waals surface area contributed by atoms with Crippen LogP contribution in [0.2, 0.25) is 0 Å². The number of hydrogen-bond donors (Lipinski definition) is 0.